The largest absolute Gasteiger partial charge is 0.368 e. The molecule has 158 valence electrons. The van der Waals surface area contributed by atoms with Gasteiger partial charge in [0.05, 0.1) is 17.0 Å². The zero-order chi connectivity index (χ0) is 21.6. The fourth-order valence-corrected chi connectivity index (χ4v) is 4.40. The Morgan fingerprint density at radius 1 is 1.13 bits per heavy atom. The van der Waals surface area contributed by atoms with E-state index in [2.05, 4.69) is 16.0 Å². The molecule has 2 unspecified atom stereocenters. The average Bonchev–Trinajstić information content (AvgIpc) is 2.97. The van der Waals surface area contributed by atoms with Crippen molar-refractivity contribution < 1.29 is 28.4 Å². The summed E-state index contributed by atoms with van der Waals surface area (Å²) in [6.45, 7) is 1.88. The van der Waals surface area contributed by atoms with Gasteiger partial charge in [0.1, 0.15) is 11.9 Å². The van der Waals surface area contributed by atoms with Gasteiger partial charge in [0, 0.05) is 38.2 Å². The van der Waals surface area contributed by atoms with E-state index >= 15 is 4.39 Å². The lowest BCUT2D eigenvalue weighted by Crippen LogP contribution is -2.49. The SMILES string of the molecule is NC(=O)C(c1c(F)cc2c(c1C1CCC(=O)NC1=O)C(=O)NC2=O)N1CCNCC1. The van der Waals surface area contributed by atoms with E-state index < -0.39 is 47.3 Å². The minimum atomic E-state index is -1.23. The van der Waals surface area contributed by atoms with Crippen LogP contribution in [0.5, 0.6) is 0 Å². The van der Waals surface area contributed by atoms with Crippen LogP contribution in [0.2, 0.25) is 0 Å². The fraction of sp³-hybridized carbons (Fsp3) is 0.421. The number of nitrogens with zero attached hydrogens (tertiary/aromatic N) is 1. The van der Waals surface area contributed by atoms with Crippen LogP contribution in [0.4, 0.5) is 4.39 Å². The molecule has 2 fully saturated rings. The summed E-state index contributed by atoms with van der Waals surface area (Å²) in [6, 6.07) is -0.334. The smallest absolute Gasteiger partial charge is 0.259 e. The van der Waals surface area contributed by atoms with Crippen LogP contribution in [0.1, 0.15) is 56.6 Å². The van der Waals surface area contributed by atoms with Crippen molar-refractivity contribution in [1.29, 1.82) is 0 Å². The molecule has 0 aromatic heterocycles. The number of nitrogens with two attached hydrogens (primary N) is 1. The first-order valence-corrected chi connectivity index (χ1v) is 9.59. The second-order valence-electron chi connectivity index (χ2n) is 7.49. The predicted molar refractivity (Wildman–Crippen MR) is 99.7 cm³/mol. The third kappa shape index (κ3) is 3.25. The molecule has 3 heterocycles. The van der Waals surface area contributed by atoms with Crippen LogP contribution in [0.15, 0.2) is 6.07 Å². The van der Waals surface area contributed by atoms with E-state index in [4.69, 9.17) is 5.73 Å². The maximum atomic E-state index is 15.4. The highest BCUT2D eigenvalue weighted by Crippen LogP contribution is 2.40. The third-order valence-corrected chi connectivity index (χ3v) is 5.70. The van der Waals surface area contributed by atoms with Crippen molar-refractivity contribution in [3.63, 3.8) is 0 Å². The van der Waals surface area contributed by atoms with E-state index in [0.29, 0.717) is 26.2 Å². The third-order valence-electron chi connectivity index (χ3n) is 5.70. The molecule has 1 aromatic rings. The van der Waals surface area contributed by atoms with Crippen LogP contribution in [0.3, 0.4) is 0 Å². The van der Waals surface area contributed by atoms with Crippen molar-refractivity contribution in [1.82, 2.24) is 20.9 Å². The lowest BCUT2D eigenvalue weighted by Gasteiger charge is -2.36. The first kappa shape index (κ1) is 20.1. The van der Waals surface area contributed by atoms with Crippen LogP contribution < -0.4 is 21.7 Å². The first-order valence-electron chi connectivity index (χ1n) is 9.59. The highest BCUT2D eigenvalue weighted by Gasteiger charge is 2.43. The molecule has 5 N–H and O–H groups in total. The lowest BCUT2D eigenvalue weighted by molar-refractivity contribution is -0.134. The number of rotatable bonds is 4. The topological polar surface area (TPSA) is 151 Å². The van der Waals surface area contributed by atoms with Gasteiger partial charge in [0.2, 0.25) is 17.7 Å². The number of carbonyl (C=O) groups is 5. The minimum absolute atomic E-state index is 0.0159. The molecule has 2 saturated heterocycles. The van der Waals surface area contributed by atoms with Gasteiger partial charge in [0.25, 0.3) is 11.8 Å². The quantitative estimate of drug-likeness (QED) is 0.443. The number of primary amides is 1. The van der Waals surface area contributed by atoms with Gasteiger partial charge in [-0.05, 0) is 18.1 Å². The molecule has 3 aliphatic heterocycles. The molecule has 0 aliphatic carbocycles. The second kappa shape index (κ2) is 7.58. The van der Waals surface area contributed by atoms with Gasteiger partial charge in [-0.2, -0.15) is 0 Å². The van der Waals surface area contributed by atoms with Gasteiger partial charge in [-0.25, -0.2) is 4.39 Å². The summed E-state index contributed by atoms with van der Waals surface area (Å²) in [4.78, 5) is 63.0. The van der Waals surface area contributed by atoms with Gasteiger partial charge in [-0.3, -0.25) is 39.5 Å². The average molecular weight is 417 g/mol. The van der Waals surface area contributed by atoms with Crippen LogP contribution in [0.25, 0.3) is 0 Å². The Kier molecular flexibility index (Phi) is 5.08. The molecule has 11 heteroatoms. The highest BCUT2D eigenvalue weighted by atomic mass is 19.1. The van der Waals surface area contributed by atoms with E-state index in [1.54, 1.807) is 4.90 Å². The Hall–Kier alpha value is -3.18. The lowest BCUT2D eigenvalue weighted by atomic mass is 9.80. The van der Waals surface area contributed by atoms with Gasteiger partial charge in [-0.15, -0.1) is 0 Å². The minimum Gasteiger partial charge on any atom is -0.368 e. The Morgan fingerprint density at radius 2 is 1.83 bits per heavy atom. The number of halogens is 1. The molecule has 0 radical (unpaired) electrons. The predicted octanol–water partition coefficient (Wildman–Crippen LogP) is -1.34. The summed E-state index contributed by atoms with van der Waals surface area (Å²) in [7, 11) is 0. The highest BCUT2D eigenvalue weighted by molar-refractivity contribution is 6.23. The van der Waals surface area contributed by atoms with Crippen molar-refractivity contribution in [3.8, 4) is 0 Å². The van der Waals surface area contributed by atoms with Crippen molar-refractivity contribution in [2.75, 3.05) is 26.2 Å². The summed E-state index contributed by atoms with van der Waals surface area (Å²) >= 11 is 0. The van der Waals surface area contributed by atoms with Crippen LogP contribution in [-0.2, 0) is 14.4 Å². The Balaban J connectivity index is 1.95. The molecule has 10 nitrogen and oxygen atoms in total. The zero-order valence-corrected chi connectivity index (χ0v) is 15.9. The molecule has 3 aliphatic rings. The Labute approximate surface area is 170 Å². The van der Waals surface area contributed by atoms with E-state index in [0.717, 1.165) is 6.07 Å². The number of piperazine rings is 1. The number of carbonyl (C=O) groups excluding carboxylic acids is 5. The molecule has 4 rings (SSSR count). The number of hydrogen-bond donors (Lipinski definition) is 4. The standard InChI is InChI=1S/C19H20FN5O5/c20-10-7-9-13(19(30)24-18(9)29)12(8-1-2-11(26)23-17(8)28)14(10)15(16(21)27)25-5-3-22-4-6-25/h7-8,15,22H,1-6H2,(H2,21,27)(H,23,26,28)(H,24,29,30). The first-order chi connectivity index (χ1) is 14.3. The molecule has 30 heavy (non-hydrogen) atoms. The number of fused-ring (bicyclic) bond motifs is 1. The summed E-state index contributed by atoms with van der Waals surface area (Å²) in [5.41, 5.74) is 5.04. The number of hydrogen-bond acceptors (Lipinski definition) is 7. The maximum Gasteiger partial charge on any atom is 0.259 e. The molecule has 0 saturated carbocycles. The molecule has 0 bridgehead atoms. The van der Waals surface area contributed by atoms with E-state index in [1.165, 1.54) is 0 Å². The van der Waals surface area contributed by atoms with Gasteiger partial charge < -0.3 is 11.1 Å². The molecule has 5 amide bonds. The summed E-state index contributed by atoms with van der Waals surface area (Å²) in [5.74, 6) is -5.58. The number of nitrogens with one attached hydrogen (secondary N) is 3. The van der Waals surface area contributed by atoms with Crippen molar-refractivity contribution in [2.24, 2.45) is 5.73 Å². The number of imide groups is 2. The Morgan fingerprint density at radius 3 is 2.47 bits per heavy atom. The molecule has 1 aromatic carbocycles. The summed E-state index contributed by atoms with van der Waals surface area (Å²) in [5, 5.41) is 7.41. The van der Waals surface area contributed by atoms with Crippen LogP contribution >= 0.6 is 0 Å². The number of piperidine rings is 1. The molecular formula is C19H20FN5O5. The molecular weight excluding hydrogens is 397 g/mol. The van der Waals surface area contributed by atoms with Gasteiger partial charge in [-0.1, -0.05) is 0 Å². The summed E-state index contributed by atoms with van der Waals surface area (Å²) in [6.07, 6.45) is -0.00631. The normalized spacial score (nSPS) is 23.0. The van der Waals surface area contributed by atoms with Crippen molar-refractivity contribution in [2.45, 2.75) is 24.8 Å². The van der Waals surface area contributed by atoms with Crippen molar-refractivity contribution >= 4 is 29.5 Å². The van der Waals surface area contributed by atoms with E-state index in [1.807, 2.05) is 0 Å². The van der Waals surface area contributed by atoms with Gasteiger partial charge in [0.15, 0.2) is 0 Å². The maximum absolute atomic E-state index is 15.4. The van der Waals surface area contributed by atoms with E-state index in [-0.39, 0.29) is 35.1 Å². The van der Waals surface area contributed by atoms with Crippen LogP contribution in [-0.4, -0.2) is 60.6 Å². The molecule has 0 spiro atoms. The van der Waals surface area contributed by atoms with Crippen LogP contribution in [0, 0.1) is 5.82 Å². The number of benzene rings is 1. The monoisotopic (exact) mass is 417 g/mol. The zero-order valence-electron chi connectivity index (χ0n) is 15.9. The van der Waals surface area contributed by atoms with Gasteiger partial charge >= 0.3 is 0 Å². The van der Waals surface area contributed by atoms with Crippen molar-refractivity contribution in [3.05, 3.63) is 34.1 Å². The number of amides is 5. The Bertz CT molecular complexity index is 988. The fourth-order valence-electron chi connectivity index (χ4n) is 4.40. The second-order valence-corrected chi connectivity index (χ2v) is 7.49. The molecule has 2 atom stereocenters. The summed E-state index contributed by atoms with van der Waals surface area (Å²) < 4.78 is 15.4. The van der Waals surface area contributed by atoms with E-state index in [9.17, 15) is 24.0 Å².